The van der Waals surface area contributed by atoms with Gasteiger partial charge in [-0.15, -0.1) is 0 Å². The lowest BCUT2D eigenvalue weighted by atomic mass is 9.79. The van der Waals surface area contributed by atoms with Gasteiger partial charge in [-0.3, -0.25) is 4.90 Å². The third-order valence-corrected chi connectivity index (χ3v) is 5.19. The van der Waals surface area contributed by atoms with Crippen LogP contribution in [0.1, 0.15) is 67.2 Å². The van der Waals surface area contributed by atoms with E-state index in [1.165, 1.54) is 32.2 Å². The van der Waals surface area contributed by atoms with E-state index in [1.807, 2.05) is 0 Å². The molecule has 2 fully saturated rings. The van der Waals surface area contributed by atoms with Crippen molar-refractivity contribution in [3.63, 3.8) is 0 Å². The number of nitrogens with one attached hydrogen (secondary N) is 1. The van der Waals surface area contributed by atoms with Crippen LogP contribution < -0.4 is 5.32 Å². The monoisotopic (exact) mass is 266 g/mol. The zero-order valence-electron chi connectivity index (χ0n) is 13.9. The maximum Gasteiger partial charge on any atom is 0.0272 e. The molecule has 2 aliphatic rings. The van der Waals surface area contributed by atoms with E-state index in [9.17, 15) is 0 Å². The van der Waals surface area contributed by atoms with Gasteiger partial charge in [0.1, 0.15) is 0 Å². The molecule has 1 heterocycles. The number of rotatable bonds is 1. The van der Waals surface area contributed by atoms with Crippen LogP contribution in [0.15, 0.2) is 0 Å². The van der Waals surface area contributed by atoms with Gasteiger partial charge in [0.2, 0.25) is 0 Å². The highest BCUT2D eigenvalue weighted by Crippen LogP contribution is 2.35. The molecule has 2 atom stereocenters. The Bertz CT molecular complexity index is 291. The van der Waals surface area contributed by atoms with Crippen molar-refractivity contribution in [1.82, 2.24) is 10.2 Å². The molecule has 2 heteroatoms. The van der Waals surface area contributed by atoms with Gasteiger partial charge in [0.25, 0.3) is 0 Å². The molecule has 1 aliphatic heterocycles. The number of hydrogen-bond donors (Lipinski definition) is 1. The summed E-state index contributed by atoms with van der Waals surface area (Å²) in [5.74, 6) is 0. The molecule has 2 rings (SSSR count). The zero-order chi connectivity index (χ0) is 14.3. The quantitative estimate of drug-likeness (QED) is 0.779. The van der Waals surface area contributed by atoms with Gasteiger partial charge >= 0.3 is 0 Å². The maximum absolute atomic E-state index is 3.83. The molecule has 112 valence electrons. The Hall–Kier alpha value is -0.0800. The summed E-state index contributed by atoms with van der Waals surface area (Å²) in [6.45, 7) is 16.7. The van der Waals surface area contributed by atoms with E-state index in [0.717, 1.165) is 12.6 Å². The Labute approximate surface area is 120 Å². The van der Waals surface area contributed by atoms with Gasteiger partial charge in [-0.1, -0.05) is 54.4 Å². The molecule has 19 heavy (non-hydrogen) atoms. The summed E-state index contributed by atoms with van der Waals surface area (Å²) in [6, 6.07) is 2.16. The molecule has 0 aromatic rings. The standard InChI is InChI=1S/C17H34N2/c1-16(2,3)14-12-19(13-9-7-8-10-13)15(11-18-14)17(4,5)6/h13-15,18H,7-12H2,1-6H3. The SMILES string of the molecule is CC(C)(C)C1CN(C2CCCC2)C(C(C)(C)C)CN1. The van der Waals surface area contributed by atoms with Crippen LogP contribution in [-0.4, -0.2) is 36.1 Å². The summed E-state index contributed by atoms with van der Waals surface area (Å²) in [6.07, 6.45) is 5.71. The van der Waals surface area contributed by atoms with Gasteiger partial charge in [0, 0.05) is 31.2 Å². The van der Waals surface area contributed by atoms with E-state index in [4.69, 9.17) is 0 Å². The normalized spacial score (nSPS) is 31.9. The fourth-order valence-corrected chi connectivity index (χ4v) is 3.80. The summed E-state index contributed by atoms with van der Waals surface area (Å²) < 4.78 is 0. The number of piperazine rings is 1. The van der Waals surface area contributed by atoms with Gasteiger partial charge < -0.3 is 5.32 Å². The van der Waals surface area contributed by atoms with Crippen LogP contribution in [-0.2, 0) is 0 Å². The molecular formula is C17H34N2. The first kappa shape index (κ1) is 15.3. The number of nitrogens with zero attached hydrogens (tertiary/aromatic N) is 1. The third kappa shape index (κ3) is 3.52. The topological polar surface area (TPSA) is 15.3 Å². The molecule has 2 unspecified atom stereocenters. The Morgan fingerprint density at radius 2 is 1.47 bits per heavy atom. The lowest BCUT2D eigenvalue weighted by Crippen LogP contribution is -2.65. The molecule has 1 saturated carbocycles. The van der Waals surface area contributed by atoms with E-state index >= 15 is 0 Å². The highest BCUT2D eigenvalue weighted by Gasteiger charge is 2.42. The van der Waals surface area contributed by atoms with Crippen molar-refractivity contribution in [2.75, 3.05) is 13.1 Å². The van der Waals surface area contributed by atoms with Crippen LogP contribution in [0, 0.1) is 10.8 Å². The van der Waals surface area contributed by atoms with E-state index < -0.39 is 0 Å². The van der Waals surface area contributed by atoms with Crippen LogP contribution in [0.4, 0.5) is 0 Å². The minimum atomic E-state index is 0.361. The summed E-state index contributed by atoms with van der Waals surface area (Å²) >= 11 is 0. The van der Waals surface area contributed by atoms with E-state index in [2.05, 4.69) is 51.8 Å². The average molecular weight is 266 g/mol. The minimum Gasteiger partial charge on any atom is -0.311 e. The Morgan fingerprint density at radius 1 is 0.895 bits per heavy atom. The fraction of sp³-hybridized carbons (Fsp3) is 1.00. The van der Waals surface area contributed by atoms with Gasteiger partial charge in [0.05, 0.1) is 0 Å². The summed E-state index contributed by atoms with van der Waals surface area (Å²) in [5.41, 5.74) is 0.734. The van der Waals surface area contributed by atoms with Gasteiger partial charge in [0.15, 0.2) is 0 Å². The molecule has 0 aromatic heterocycles. The Balaban J connectivity index is 2.14. The highest BCUT2D eigenvalue weighted by atomic mass is 15.3. The van der Waals surface area contributed by atoms with Crippen LogP contribution in [0.2, 0.25) is 0 Å². The molecule has 0 radical (unpaired) electrons. The van der Waals surface area contributed by atoms with Crippen molar-refractivity contribution in [3.05, 3.63) is 0 Å². The van der Waals surface area contributed by atoms with Crippen molar-refractivity contribution in [2.24, 2.45) is 10.8 Å². The predicted molar refractivity (Wildman–Crippen MR) is 83.5 cm³/mol. The van der Waals surface area contributed by atoms with Crippen molar-refractivity contribution < 1.29 is 0 Å². The maximum atomic E-state index is 3.83. The second-order valence-corrected chi connectivity index (χ2v) is 8.84. The van der Waals surface area contributed by atoms with Crippen LogP contribution >= 0.6 is 0 Å². The average Bonchev–Trinajstić information content (AvgIpc) is 2.79. The highest BCUT2D eigenvalue weighted by molar-refractivity contribution is 4.99. The molecule has 2 nitrogen and oxygen atoms in total. The fourth-order valence-electron chi connectivity index (χ4n) is 3.80. The van der Waals surface area contributed by atoms with Crippen LogP contribution in [0.3, 0.4) is 0 Å². The largest absolute Gasteiger partial charge is 0.311 e. The Morgan fingerprint density at radius 3 is 1.95 bits per heavy atom. The summed E-state index contributed by atoms with van der Waals surface area (Å²) in [5, 5.41) is 3.83. The lowest BCUT2D eigenvalue weighted by molar-refractivity contribution is 0.00181. The van der Waals surface area contributed by atoms with Crippen molar-refractivity contribution >= 4 is 0 Å². The summed E-state index contributed by atoms with van der Waals surface area (Å²) in [7, 11) is 0. The van der Waals surface area contributed by atoms with Crippen molar-refractivity contribution in [2.45, 2.75) is 85.4 Å². The first-order chi connectivity index (χ1) is 8.69. The Kier molecular flexibility index (Phi) is 4.32. The number of hydrogen-bond acceptors (Lipinski definition) is 2. The van der Waals surface area contributed by atoms with E-state index in [-0.39, 0.29) is 0 Å². The van der Waals surface area contributed by atoms with Crippen LogP contribution in [0.25, 0.3) is 0 Å². The predicted octanol–water partition coefficient (Wildman–Crippen LogP) is 3.66. The third-order valence-electron chi connectivity index (χ3n) is 5.19. The summed E-state index contributed by atoms with van der Waals surface area (Å²) in [4.78, 5) is 2.86. The van der Waals surface area contributed by atoms with E-state index in [1.54, 1.807) is 0 Å². The molecule has 0 amide bonds. The van der Waals surface area contributed by atoms with Crippen LogP contribution in [0.5, 0.6) is 0 Å². The minimum absolute atomic E-state index is 0.361. The van der Waals surface area contributed by atoms with Crippen molar-refractivity contribution in [1.29, 1.82) is 0 Å². The second kappa shape index (κ2) is 5.37. The molecule has 1 N–H and O–H groups in total. The lowest BCUT2D eigenvalue weighted by Gasteiger charge is -2.51. The smallest absolute Gasteiger partial charge is 0.0272 e. The molecule has 0 spiro atoms. The van der Waals surface area contributed by atoms with Gasteiger partial charge in [-0.25, -0.2) is 0 Å². The molecule has 0 aromatic carbocycles. The van der Waals surface area contributed by atoms with Gasteiger partial charge in [-0.2, -0.15) is 0 Å². The van der Waals surface area contributed by atoms with Gasteiger partial charge in [-0.05, 0) is 23.7 Å². The zero-order valence-corrected chi connectivity index (χ0v) is 13.9. The molecular weight excluding hydrogens is 232 g/mol. The molecule has 1 saturated heterocycles. The first-order valence-corrected chi connectivity index (χ1v) is 8.19. The van der Waals surface area contributed by atoms with Crippen molar-refractivity contribution in [3.8, 4) is 0 Å². The first-order valence-electron chi connectivity index (χ1n) is 8.19. The molecule has 1 aliphatic carbocycles. The van der Waals surface area contributed by atoms with E-state index in [0.29, 0.717) is 22.9 Å². The molecule has 0 bridgehead atoms. The second-order valence-electron chi connectivity index (χ2n) is 8.84.